The molecule has 8 nitrogen and oxygen atoms in total. The number of hydrogen-bond acceptors (Lipinski definition) is 6. The van der Waals surface area contributed by atoms with E-state index in [1.54, 1.807) is 6.07 Å². The molecule has 194 valence electrons. The summed E-state index contributed by atoms with van der Waals surface area (Å²) < 4.78 is 27.2. The SMILES string of the molecule is CNCc1nc2ccccc2n1Cc1ccc2c(c1)COc1cc(F)ccc1/C2=C(\C)c1noc(=O)[nH]1.Cl. The number of imidazole rings is 1. The van der Waals surface area contributed by atoms with Crippen LogP contribution in [0.15, 0.2) is 70.0 Å². The second-order valence-corrected chi connectivity index (χ2v) is 9.00. The van der Waals surface area contributed by atoms with Crippen molar-refractivity contribution >= 4 is 34.6 Å². The Morgan fingerprint density at radius 2 is 1.95 bits per heavy atom. The lowest BCUT2D eigenvalue weighted by Crippen LogP contribution is -2.13. The Morgan fingerprint density at radius 1 is 1.13 bits per heavy atom. The Morgan fingerprint density at radius 3 is 2.74 bits per heavy atom. The van der Waals surface area contributed by atoms with Gasteiger partial charge in [-0.15, -0.1) is 12.4 Å². The minimum Gasteiger partial charge on any atom is -0.488 e. The van der Waals surface area contributed by atoms with Crippen LogP contribution in [-0.2, 0) is 19.7 Å². The minimum absolute atomic E-state index is 0. The average molecular weight is 534 g/mol. The molecule has 0 radical (unpaired) electrons. The molecule has 0 fully saturated rings. The van der Waals surface area contributed by atoms with Crippen LogP contribution in [0.5, 0.6) is 5.75 Å². The molecule has 1 aliphatic heterocycles. The summed E-state index contributed by atoms with van der Waals surface area (Å²) in [6.45, 7) is 3.38. The van der Waals surface area contributed by atoms with Crippen molar-refractivity contribution in [2.24, 2.45) is 0 Å². The zero-order valence-corrected chi connectivity index (χ0v) is 21.6. The van der Waals surface area contributed by atoms with E-state index in [4.69, 9.17) is 14.2 Å². The van der Waals surface area contributed by atoms with Crippen LogP contribution in [0.25, 0.3) is 22.2 Å². The summed E-state index contributed by atoms with van der Waals surface area (Å²) in [5.74, 6) is 0.661. The number of fused-ring (bicyclic) bond motifs is 3. The maximum atomic E-state index is 14.1. The van der Waals surface area contributed by atoms with Crippen molar-refractivity contribution in [2.45, 2.75) is 26.6 Å². The van der Waals surface area contributed by atoms with Crippen molar-refractivity contribution in [1.29, 1.82) is 0 Å². The van der Waals surface area contributed by atoms with E-state index in [0.717, 1.165) is 39.1 Å². The van der Waals surface area contributed by atoms with E-state index >= 15 is 0 Å². The first-order chi connectivity index (χ1) is 18.0. The lowest BCUT2D eigenvalue weighted by Gasteiger charge is -2.15. The van der Waals surface area contributed by atoms with Gasteiger partial charge in [-0.1, -0.05) is 29.4 Å². The number of aromatic amines is 1. The molecule has 3 aromatic carbocycles. The number of halogens is 2. The number of aromatic nitrogens is 4. The van der Waals surface area contributed by atoms with Crippen LogP contribution < -0.4 is 15.8 Å². The van der Waals surface area contributed by atoms with Gasteiger partial charge in [0.05, 0.1) is 17.6 Å². The molecule has 0 aliphatic carbocycles. The topological polar surface area (TPSA) is 98.0 Å². The van der Waals surface area contributed by atoms with E-state index in [1.807, 2.05) is 38.2 Å². The molecule has 10 heteroatoms. The molecule has 0 unspecified atom stereocenters. The zero-order chi connectivity index (χ0) is 25.5. The van der Waals surface area contributed by atoms with Gasteiger partial charge in [0, 0.05) is 23.7 Å². The number of allylic oxidation sites excluding steroid dienone is 1. The highest BCUT2D eigenvalue weighted by Gasteiger charge is 2.24. The number of ether oxygens (including phenoxy) is 1. The van der Waals surface area contributed by atoms with E-state index < -0.39 is 5.76 Å². The van der Waals surface area contributed by atoms with Crippen molar-refractivity contribution in [3.05, 3.63) is 111 Å². The van der Waals surface area contributed by atoms with E-state index in [2.05, 4.69) is 38.2 Å². The molecule has 1 aliphatic rings. The fourth-order valence-corrected chi connectivity index (χ4v) is 4.92. The van der Waals surface area contributed by atoms with Crippen molar-refractivity contribution in [3.63, 3.8) is 0 Å². The predicted octanol–water partition coefficient (Wildman–Crippen LogP) is 4.91. The van der Waals surface area contributed by atoms with Gasteiger partial charge < -0.3 is 14.6 Å². The summed E-state index contributed by atoms with van der Waals surface area (Å²) >= 11 is 0. The van der Waals surface area contributed by atoms with Crippen LogP contribution in [0, 0.1) is 5.82 Å². The van der Waals surface area contributed by atoms with Crippen molar-refractivity contribution < 1.29 is 13.7 Å². The normalized spacial score (nSPS) is 13.8. The third-order valence-corrected chi connectivity index (χ3v) is 6.61. The summed E-state index contributed by atoms with van der Waals surface area (Å²) in [6, 6.07) is 18.8. The van der Waals surface area contributed by atoms with Crippen LogP contribution in [0.1, 0.15) is 40.8 Å². The number of H-pyrrole nitrogens is 1. The van der Waals surface area contributed by atoms with Crippen LogP contribution in [0.2, 0.25) is 0 Å². The van der Waals surface area contributed by atoms with Gasteiger partial charge in [0.25, 0.3) is 0 Å². The van der Waals surface area contributed by atoms with Crippen molar-refractivity contribution in [3.8, 4) is 5.75 Å². The van der Waals surface area contributed by atoms with Crippen LogP contribution in [-0.4, -0.2) is 26.7 Å². The van der Waals surface area contributed by atoms with Gasteiger partial charge in [-0.25, -0.2) is 14.2 Å². The van der Waals surface area contributed by atoms with Crippen LogP contribution in [0.4, 0.5) is 4.39 Å². The monoisotopic (exact) mass is 533 g/mol. The molecule has 0 amide bonds. The molecular formula is C28H25ClFN5O3. The maximum absolute atomic E-state index is 14.1. The number of hydrogen-bond donors (Lipinski definition) is 2. The summed E-state index contributed by atoms with van der Waals surface area (Å²) in [5.41, 5.74) is 7.14. The van der Waals surface area contributed by atoms with Crippen LogP contribution in [0.3, 0.4) is 0 Å². The molecule has 0 spiro atoms. The van der Waals surface area contributed by atoms with Gasteiger partial charge in [-0.3, -0.25) is 9.51 Å². The number of benzene rings is 3. The van der Waals surface area contributed by atoms with E-state index in [-0.39, 0.29) is 24.8 Å². The second-order valence-electron chi connectivity index (χ2n) is 9.00. The third kappa shape index (κ3) is 4.51. The summed E-state index contributed by atoms with van der Waals surface area (Å²) in [7, 11) is 1.90. The molecule has 2 aromatic heterocycles. The largest absolute Gasteiger partial charge is 0.488 e. The highest BCUT2D eigenvalue weighted by molar-refractivity contribution is 5.99. The Hall–Kier alpha value is -4.21. The summed E-state index contributed by atoms with van der Waals surface area (Å²) in [5, 5.41) is 7.08. The lowest BCUT2D eigenvalue weighted by molar-refractivity contribution is 0.305. The molecule has 3 heterocycles. The first-order valence-corrected chi connectivity index (χ1v) is 11.9. The van der Waals surface area contributed by atoms with E-state index in [0.29, 0.717) is 35.8 Å². The van der Waals surface area contributed by atoms with Gasteiger partial charge in [-0.05, 0) is 66.6 Å². The van der Waals surface area contributed by atoms with Crippen molar-refractivity contribution in [1.82, 2.24) is 25.0 Å². The zero-order valence-electron chi connectivity index (χ0n) is 20.7. The Balaban J connectivity index is 0.00000294. The molecule has 0 saturated heterocycles. The number of nitrogens with one attached hydrogen (secondary N) is 2. The highest BCUT2D eigenvalue weighted by atomic mass is 35.5. The van der Waals surface area contributed by atoms with Crippen molar-refractivity contribution in [2.75, 3.05) is 7.05 Å². The third-order valence-electron chi connectivity index (χ3n) is 6.61. The Bertz CT molecular complexity index is 1740. The van der Waals surface area contributed by atoms with E-state index in [9.17, 15) is 9.18 Å². The quantitative estimate of drug-likeness (QED) is 0.333. The van der Waals surface area contributed by atoms with Gasteiger partial charge in [0.1, 0.15) is 24.0 Å². The fourth-order valence-electron chi connectivity index (χ4n) is 4.92. The summed E-state index contributed by atoms with van der Waals surface area (Å²) in [4.78, 5) is 19.1. The Labute approximate surface area is 223 Å². The smallest absolute Gasteiger partial charge is 0.439 e. The average Bonchev–Trinajstić information content (AvgIpc) is 3.44. The fraction of sp³-hybridized carbons (Fsp3) is 0.179. The summed E-state index contributed by atoms with van der Waals surface area (Å²) in [6.07, 6.45) is 0. The molecule has 0 atom stereocenters. The Kier molecular flexibility index (Phi) is 6.88. The van der Waals surface area contributed by atoms with Gasteiger partial charge >= 0.3 is 5.76 Å². The van der Waals surface area contributed by atoms with Crippen LogP contribution >= 0.6 is 12.4 Å². The first kappa shape index (κ1) is 25.4. The molecule has 0 bridgehead atoms. The standard InChI is InChI=1S/C28H24FN5O3.ClH/c1-16(27-32-28(35)37-33-27)26-20-9-7-17(11-18(20)15-36-24-12-19(29)8-10-21(24)26)14-34-23-6-4-3-5-22(23)31-25(34)13-30-2;/h3-12,30H,13-15H2,1-2H3,(H,32,33,35);1H/b26-16+;. The second kappa shape index (κ2) is 10.3. The molecule has 38 heavy (non-hydrogen) atoms. The molecular weight excluding hydrogens is 509 g/mol. The maximum Gasteiger partial charge on any atom is 0.439 e. The lowest BCUT2D eigenvalue weighted by atomic mass is 9.89. The van der Waals surface area contributed by atoms with Gasteiger partial charge in [0.2, 0.25) is 0 Å². The number of para-hydroxylation sites is 2. The molecule has 0 saturated carbocycles. The minimum atomic E-state index is -0.639. The predicted molar refractivity (Wildman–Crippen MR) is 145 cm³/mol. The van der Waals surface area contributed by atoms with Gasteiger partial charge in [-0.2, -0.15) is 0 Å². The molecule has 6 rings (SSSR count). The number of nitrogens with zero attached hydrogens (tertiary/aromatic N) is 3. The highest BCUT2D eigenvalue weighted by Crippen LogP contribution is 2.41. The molecule has 5 aromatic rings. The first-order valence-electron chi connectivity index (χ1n) is 11.9. The van der Waals surface area contributed by atoms with Gasteiger partial charge in [0.15, 0.2) is 5.82 Å². The van der Waals surface area contributed by atoms with E-state index in [1.165, 1.54) is 12.1 Å². The number of rotatable bonds is 5. The molecule has 2 N–H and O–H groups in total.